The first-order chi connectivity index (χ1) is 10.7. The first-order valence-corrected chi connectivity index (χ1v) is 7.23. The van der Waals surface area contributed by atoms with Gasteiger partial charge in [0.15, 0.2) is 0 Å². The Bertz CT molecular complexity index is 733. The first-order valence-electron chi connectivity index (χ1n) is 7.23. The van der Waals surface area contributed by atoms with E-state index in [0.717, 1.165) is 11.9 Å². The maximum Gasteiger partial charge on any atom is 0.317 e. The Hall–Kier alpha value is -2.56. The molecule has 0 aliphatic carbocycles. The van der Waals surface area contributed by atoms with Gasteiger partial charge >= 0.3 is 7.41 Å². The first kappa shape index (κ1) is 14.4. The fourth-order valence-corrected chi connectivity index (χ4v) is 2.35. The van der Waals surface area contributed by atoms with E-state index in [0.29, 0.717) is 18.0 Å². The molecule has 2 aromatic rings. The smallest absolute Gasteiger partial charge is 0.317 e. The third-order valence-electron chi connectivity index (χ3n) is 3.61. The number of amides is 1. The van der Waals surface area contributed by atoms with Gasteiger partial charge in [0.05, 0.1) is 6.26 Å². The van der Waals surface area contributed by atoms with E-state index in [1.54, 1.807) is 19.8 Å². The van der Waals surface area contributed by atoms with E-state index in [2.05, 4.69) is 29.3 Å². The minimum absolute atomic E-state index is 0.161. The molecule has 2 heterocycles. The van der Waals surface area contributed by atoms with Crippen molar-refractivity contribution in [2.45, 2.75) is 13.3 Å². The third-order valence-corrected chi connectivity index (χ3v) is 3.61. The number of carbonyl (C=O) groups excluding carboxylic acids is 1. The SMILES string of the molecule is Cc1ccccc1CCNC(=O)C1=N[B]C(c2ccco2)=C1. The summed E-state index contributed by atoms with van der Waals surface area (Å²) in [6.07, 6.45) is 4.15. The second-order valence-corrected chi connectivity index (χ2v) is 5.15. The summed E-state index contributed by atoms with van der Waals surface area (Å²) < 4.78 is 5.29. The maximum atomic E-state index is 12.1. The molecule has 1 radical (unpaired) electrons. The van der Waals surface area contributed by atoms with Crippen LogP contribution in [0.4, 0.5) is 0 Å². The van der Waals surface area contributed by atoms with Gasteiger partial charge in [-0.1, -0.05) is 24.3 Å². The number of carbonyl (C=O) groups is 1. The van der Waals surface area contributed by atoms with Crippen molar-refractivity contribution in [1.82, 2.24) is 5.32 Å². The molecule has 109 valence electrons. The molecule has 0 spiro atoms. The molecular weight excluding hydrogens is 275 g/mol. The van der Waals surface area contributed by atoms with E-state index < -0.39 is 0 Å². The maximum absolute atomic E-state index is 12.1. The van der Waals surface area contributed by atoms with Gasteiger partial charge in [0, 0.05) is 6.54 Å². The lowest BCUT2D eigenvalue weighted by Crippen LogP contribution is -2.31. The van der Waals surface area contributed by atoms with Gasteiger partial charge in [-0.3, -0.25) is 4.79 Å². The standard InChI is InChI=1S/C17H16BN2O2/c1-12-5-2-3-6-13(12)8-9-19-17(21)15-11-14(18-20-15)16-7-4-10-22-16/h2-7,10-11H,8-9H2,1H3,(H,19,21). The zero-order valence-corrected chi connectivity index (χ0v) is 12.4. The lowest BCUT2D eigenvalue weighted by Gasteiger charge is -2.07. The highest BCUT2D eigenvalue weighted by Gasteiger charge is 2.18. The van der Waals surface area contributed by atoms with Crippen molar-refractivity contribution in [1.29, 1.82) is 0 Å². The molecule has 1 aromatic heterocycles. The molecule has 0 fully saturated rings. The monoisotopic (exact) mass is 291 g/mol. The zero-order valence-electron chi connectivity index (χ0n) is 12.4. The Morgan fingerprint density at radius 3 is 2.91 bits per heavy atom. The summed E-state index contributed by atoms with van der Waals surface area (Å²) in [5.41, 5.74) is 3.71. The van der Waals surface area contributed by atoms with Crippen LogP contribution in [0.2, 0.25) is 0 Å². The molecule has 1 aromatic carbocycles. The summed E-state index contributed by atoms with van der Waals surface area (Å²) >= 11 is 0. The predicted molar refractivity (Wildman–Crippen MR) is 87.8 cm³/mol. The van der Waals surface area contributed by atoms with Crippen LogP contribution in [-0.2, 0) is 11.2 Å². The van der Waals surface area contributed by atoms with Crippen LogP contribution < -0.4 is 5.32 Å². The molecule has 4 nitrogen and oxygen atoms in total. The highest BCUT2D eigenvalue weighted by atomic mass is 16.3. The lowest BCUT2D eigenvalue weighted by molar-refractivity contribution is -0.114. The predicted octanol–water partition coefficient (Wildman–Crippen LogP) is 2.36. The molecule has 0 atom stereocenters. The molecule has 0 saturated heterocycles. The average Bonchev–Trinajstić information content (AvgIpc) is 3.20. The van der Waals surface area contributed by atoms with Crippen molar-refractivity contribution in [2.24, 2.45) is 4.90 Å². The van der Waals surface area contributed by atoms with E-state index >= 15 is 0 Å². The Morgan fingerprint density at radius 2 is 2.14 bits per heavy atom. The molecule has 1 aliphatic rings. The minimum atomic E-state index is -0.161. The van der Waals surface area contributed by atoms with Crippen LogP contribution in [0.1, 0.15) is 16.9 Å². The fourth-order valence-electron chi connectivity index (χ4n) is 2.35. The molecule has 3 rings (SSSR count). The highest BCUT2D eigenvalue weighted by molar-refractivity contribution is 6.69. The van der Waals surface area contributed by atoms with Crippen molar-refractivity contribution in [3.05, 3.63) is 65.6 Å². The normalized spacial score (nSPS) is 13.3. The largest absolute Gasteiger partial charge is 0.466 e. The van der Waals surface area contributed by atoms with E-state index in [1.165, 1.54) is 11.1 Å². The summed E-state index contributed by atoms with van der Waals surface area (Å²) in [6, 6.07) is 11.8. The molecule has 0 bridgehead atoms. The number of hydrogen-bond donors (Lipinski definition) is 1. The molecule has 1 N–H and O–H groups in total. The highest BCUT2D eigenvalue weighted by Crippen LogP contribution is 2.17. The fraction of sp³-hybridized carbons (Fsp3) is 0.176. The van der Waals surface area contributed by atoms with E-state index in [4.69, 9.17) is 4.42 Å². The van der Waals surface area contributed by atoms with Gasteiger partial charge in [-0.2, -0.15) is 0 Å². The van der Waals surface area contributed by atoms with Gasteiger partial charge in [0.1, 0.15) is 11.5 Å². The molecule has 0 saturated carbocycles. The minimum Gasteiger partial charge on any atom is -0.466 e. The molecular formula is C17H16BN2O2. The summed E-state index contributed by atoms with van der Waals surface area (Å²) in [5.74, 6) is 0.554. The van der Waals surface area contributed by atoms with Gasteiger partial charge in [-0.25, -0.2) is 0 Å². The summed E-state index contributed by atoms with van der Waals surface area (Å²) in [5, 5.41) is 2.90. The van der Waals surface area contributed by atoms with Crippen LogP contribution in [0, 0.1) is 6.92 Å². The van der Waals surface area contributed by atoms with Crippen molar-refractivity contribution in [3.8, 4) is 0 Å². The average molecular weight is 291 g/mol. The van der Waals surface area contributed by atoms with E-state index in [1.807, 2.05) is 24.3 Å². The summed E-state index contributed by atoms with van der Waals surface area (Å²) in [4.78, 5) is 16.2. The van der Waals surface area contributed by atoms with Crippen LogP contribution in [0.5, 0.6) is 0 Å². The second-order valence-electron chi connectivity index (χ2n) is 5.15. The number of nitrogens with one attached hydrogen (secondary N) is 1. The quantitative estimate of drug-likeness (QED) is 0.860. The van der Waals surface area contributed by atoms with Crippen molar-refractivity contribution >= 4 is 24.5 Å². The van der Waals surface area contributed by atoms with Gasteiger partial charge < -0.3 is 14.6 Å². The Labute approximate surface area is 130 Å². The number of rotatable bonds is 5. The van der Waals surface area contributed by atoms with Gasteiger partial charge in [-0.05, 0) is 48.2 Å². The lowest BCUT2D eigenvalue weighted by atomic mass is 9.83. The molecule has 1 amide bonds. The van der Waals surface area contributed by atoms with Gasteiger partial charge in [0.2, 0.25) is 0 Å². The van der Waals surface area contributed by atoms with Crippen LogP contribution in [0.3, 0.4) is 0 Å². The van der Waals surface area contributed by atoms with Crippen LogP contribution >= 0.6 is 0 Å². The molecule has 0 unspecified atom stereocenters. The third kappa shape index (κ3) is 3.19. The zero-order chi connectivity index (χ0) is 15.4. The van der Waals surface area contributed by atoms with Crippen molar-refractivity contribution in [2.75, 3.05) is 6.54 Å². The Balaban J connectivity index is 1.54. The molecule has 1 aliphatic heterocycles. The number of hydrogen-bond acceptors (Lipinski definition) is 3. The van der Waals surface area contributed by atoms with Crippen molar-refractivity contribution in [3.63, 3.8) is 0 Å². The molecule has 5 heteroatoms. The van der Waals surface area contributed by atoms with Crippen LogP contribution in [0.15, 0.2) is 58.1 Å². The Kier molecular flexibility index (Phi) is 4.23. The number of furan rings is 1. The van der Waals surface area contributed by atoms with Crippen LogP contribution in [0.25, 0.3) is 5.47 Å². The number of aryl methyl sites for hydroxylation is 1. The van der Waals surface area contributed by atoms with Crippen molar-refractivity contribution < 1.29 is 9.21 Å². The summed E-state index contributed by atoms with van der Waals surface area (Å²) in [7, 11) is 1.65. The topological polar surface area (TPSA) is 54.6 Å². The van der Waals surface area contributed by atoms with E-state index in [9.17, 15) is 4.79 Å². The second kappa shape index (κ2) is 6.47. The molecule has 22 heavy (non-hydrogen) atoms. The van der Waals surface area contributed by atoms with E-state index in [-0.39, 0.29) is 5.91 Å². The van der Waals surface area contributed by atoms with Gasteiger partial charge in [-0.15, -0.1) is 0 Å². The van der Waals surface area contributed by atoms with Gasteiger partial charge in [0.25, 0.3) is 5.91 Å². The summed E-state index contributed by atoms with van der Waals surface area (Å²) in [6.45, 7) is 2.66. The number of benzene rings is 1. The Morgan fingerprint density at radius 1 is 1.27 bits per heavy atom. The number of nitrogens with zero attached hydrogens (tertiary/aromatic N) is 1. The van der Waals surface area contributed by atoms with Crippen LogP contribution in [-0.4, -0.2) is 25.6 Å².